The molecule has 0 bridgehead atoms. The Balaban J connectivity index is 1.72. The molecule has 3 aromatic heterocycles. The van der Waals surface area contributed by atoms with E-state index in [-0.39, 0.29) is 6.23 Å². The van der Waals surface area contributed by atoms with Crippen molar-refractivity contribution in [3.05, 3.63) is 36.9 Å². The maximum absolute atomic E-state index is 5.77. The van der Waals surface area contributed by atoms with E-state index in [1.165, 1.54) is 6.42 Å². The van der Waals surface area contributed by atoms with Crippen LogP contribution in [0.15, 0.2) is 36.9 Å². The normalized spacial score (nSPS) is 19.5. The number of aromatic nitrogens is 4. The third-order valence-corrected chi connectivity index (χ3v) is 3.82. The fourth-order valence-electron chi connectivity index (χ4n) is 2.78. The van der Waals surface area contributed by atoms with Gasteiger partial charge in [-0.15, -0.1) is 0 Å². The summed E-state index contributed by atoms with van der Waals surface area (Å²) in [5.74, 6) is 0. The van der Waals surface area contributed by atoms with Gasteiger partial charge in [-0.2, -0.15) is 5.10 Å². The average molecular weight is 268 g/mol. The molecule has 0 aromatic carbocycles. The third-order valence-electron chi connectivity index (χ3n) is 3.82. The number of ether oxygens (including phenoxy) is 1. The molecule has 1 fully saturated rings. The molecule has 0 amide bonds. The molecule has 1 aliphatic rings. The van der Waals surface area contributed by atoms with Crippen LogP contribution in [0.4, 0.5) is 0 Å². The number of rotatable bonds is 2. The van der Waals surface area contributed by atoms with Gasteiger partial charge in [-0.05, 0) is 37.0 Å². The molecule has 1 atom stereocenters. The molecule has 1 saturated heterocycles. The van der Waals surface area contributed by atoms with Crippen molar-refractivity contribution in [2.24, 2.45) is 0 Å². The van der Waals surface area contributed by atoms with Gasteiger partial charge in [-0.25, -0.2) is 9.67 Å². The van der Waals surface area contributed by atoms with E-state index < -0.39 is 0 Å². The van der Waals surface area contributed by atoms with Crippen molar-refractivity contribution >= 4 is 11.0 Å². The minimum Gasteiger partial charge on any atom is -0.357 e. The Kier molecular flexibility index (Phi) is 2.77. The second-order valence-electron chi connectivity index (χ2n) is 5.13. The van der Waals surface area contributed by atoms with Crippen LogP contribution in [0.25, 0.3) is 22.2 Å². The van der Waals surface area contributed by atoms with Crippen LogP contribution >= 0.6 is 0 Å². The molecule has 1 aliphatic heterocycles. The molecular formula is C15H16N4O. The third kappa shape index (κ3) is 1.91. The standard InChI is InChI=1S/C15H16N4O/c1-2-8-20-14(3-1)19-10-11(9-18-19)12-4-6-16-15-13(12)5-7-17-15/h4-7,9-10,14H,1-3,8H2,(H,16,17)/t14-/m1/s1. The Morgan fingerprint density at radius 1 is 1.30 bits per heavy atom. The smallest absolute Gasteiger partial charge is 0.150 e. The van der Waals surface area contributed by atoms with Crippen LogP contribution in [-0.4, -0.2) is 26.4 Å². The molecule has 4 rings (SSSR count). The fraction of sp³-hybridized carbons (Fsp3) is 0.333. The van der Waals surface area contributed by atoms with Crippen LogP contribution < -0.4 is 0 Å². The van der Waals surface area contributed by atoms with E-state index in [4.69, 9.17) is 4.74 Å². The number of nitrogens with one attached hydrogen (secondary N) is 1. The molecular weight excluding hydrogens is 252 g/mol. The first-order chi connectivity index (χ1) is 9.92. The Hall–Kier alpha value is -2.14. The van der Waals surface area contributed by atoms with Crippen LogP contribution in [0, 0.1) is 0 Å². The predicted octanol–water partition coefficient (Wildman–Crippen LogP) is 3.13. The molecule has 20 heavy (non-hydrogen) atoms. The minimum atomic E-state index is 0.0843. The summed E-state index contributed by atoms with van der Waals surface area (Å²) in [6.45, 7) is 0.831. The van der Waals surface area contributed by atoms with E-state index in [0.29, 0.717) is 0 Å². The molecule has 0 radical (unpaired) electrons. The number of fused-ring (bicyclic) bond motifs is 1. The lowest BCUT2D eigenvalue weighted by atomic mass is 10.1. The van der Waals surface area contributed by atoms with Crippen molar-refractivity contribution in [1.29, 1.82) is 0 Å². The van der Waals surface area contributed by atoms with E-state index >= 15 is 0 Å². The number of nitrogens with zero attached hydrogens (tertiary/aromatic N) is 3. The van der Waals surface area contributed by atoms with E-state index in [0.717, 1.165) is 41.6 Å². The molecule has 102 valence electrons. The van der Waals surface area contributed by atoms with Crippen LogP contribution in [0.1, 0.15) is 25.5 Å². The largest absolute Gasteiger partial charge is 0.357 e. The monoisotopic (exact) mass is 268 g/mol. The molecule has 5 heteroatoms. The van der Waals surface area contributed by atoms with Gasteiger partial charge < -0.3 is 9.72 Å². The topological polar surface area (TPSA) is 55.7 Å². The van der Waals surface area contributed by atoms with Gasteiger partial charge in [0.1, 0.15) is 11.9 Å². The van der Waals surface area contributed by atoms with Gasteiger partial charge in [0, 0.05) is 36.1 Å². The van der Waals surface area contributed by atoms with Gasteiger partial charge in [0.05, 0.1) is 6.20 Å². The maximum atomic E-state index is 5.77. The number of hydrogen-bond donors (Lipinski definition) is 1. The lowest BCUT2D eigenvalue weighted by molar-refractivity contribution is -0.0394. The summed E-state index contributed by atoms with van der Waals surface area (Å²) in [6, 6.07) is 4.07. The van der Waals surface area contributed by atoms with Gasteiger partial charge in [-0.3, -0.25) is 0 Å². The van der Waals surface area contributed by atoms with Crippen molar-refractivity contribution in [1.82, 2.24) is 19.7 Å². The molecule has 0 aliphatic carbocycles. The first-order valence-corrected chi connectivity index (χ1v) is 7.00. The summed E-state index contributed by atoms with van der Waals surface area (Å²) < 4.78 is 7.71. The zero-order valence-corrected chi connectivity index (χ0v) is 11.1. The summed E-state index contributed by atoms with van der Waals surface area (Å²) in [7, 11) is 0. The molecule has 3 aromatic rings. The van der Waals surface area contributed by atoms with E-state index in [1.54, 1.807) is 0 Å². The Bertz CT molecular complexity index is 724. The van der Waals surface area contributed by atoms with E-state index in [1.807, 2.05) is 35.4 Å². The summed E-state index contributed by atoms with van der Waals surface area (Å²) in [5.41, 5.74) is 3.16. The molecule has 1 N–H and O–H groups in total. The number of pyridine rings is 1. The van der Waals surface area contributed by atoms with E-state index in [2.05, 4.69) is 21.3 Å². The minimum absolute atomic E-state index is 0.0843. The molecule has 0 spiro atoms. The molecule has 5 nitrogen and oxygen atoms in total. The first kappa shape index (κ1) is 11.7. The predicted molar refractivity (Wildman–Crippen MR) is 76.2 cm³/mol. The Labute approximate surface area is 116 Å². The van der Waals surface area contributed by atoms with Crippen molar-refractivity contribution in [2.45, 2.75) is 25.5 Å². The van der Waals surface area contributed by atoms with Gasteiger partial charge in [0.2, 0.25) is 0 Å². The highest BCUT2D eigenvalue weighted by molar-refractivity contribution is 5.92. The van der Waals surface area contributed by atoms with Gasteiger partial charge in [-0.1, -0.05) is 0 Å². The second kappa shape index (κ2) is 4.76. The Morgan fingerprint density at radius 3 is 3.20 bits per heavy atom. The van der Waals surface area contributed by atoms with Crippen LogP contribution in [0.3, 0.4) is 0 Å². The van der Waals surface area contributed by atoms with Crippen molar-refractivity contribution in [3.8, 4) is 11.1 Å². The van der Waals surface area contributed by atoms with Gasteiger partial charge >= 0.3 is 0 Å². The number of aromatic amines is 1. The highest BCUT2D eigenvalue weighted by Gasteiger charge is 2.17. The second-order valence-corrected chi connectivity index (χ2v) is 5.13. The average Bonchev–Trinajstić information content (AvgIpc) is 3.17. The number of H-pyrrole nitrogens is 1. The highest BCUT2D eigenvalue weighted by atomic mass is 16.5. The van der Waals surface area contributed by atoms with E-state index in [9.17, 15) is 0 Å². The van der Waals surface area contributed by atoms with Gasteiger partial charge in [0.15, 0.2) is 0 Å². The van der Waals surface area contributed by atoms with Crippen LogP contribution in [0.2, 0.25) is 0 Å². The van der Waals surface area contributed by atoms with Crippen LogP contribution in [0.5, 0.6) is 0 Å². The molecule has 0 saturated carbocycles. The zero-order valence-electron chi connectivity index (χ0n) is 11.1. The Morgan fingerprint density at radius 2 is 2.30 bits per heavy atom. The first-order valence-electron chi connectivity index (χ1n) is 7.00. The van der Waals surface area contributed by atoms with Crippen molar-refractivity contribution in [3.63, 3.8) is 0 Å². The summed E-state index contributed by atoms with van der Waals surface area (Å²) >= 11 is 0. The summed E-state index contributed by atoms with van der Waals surface area (Å²) in [5, 5.41) is 5.59. The SMILES string of the molecule is c1cc(-c2cnn([C@H]3CCCCO3)c2)c2cc[nH]c2n1. The number of hydrogen-bond acceptors (Lipinski definition) is 3. The zero-order chi connectivity index (χ0) is 13.4. The summed E-state index contributed by atoms with van der Waals surface area (Å²) in [4.78, 5) is 7.45. The fourth-order valence-corrected chi connectivity index (χ4v) is 2.78. The maximum Gasteiger partial charge on any atom is 0.150 e. The lowest BCUT2D eigenvalue weighted by Crippen LogP contribution is -2.18. The molecule has 4 heterocycles. The summed E-state index contributed by atoms with van der Waals surface area (Å²) in [6.07, 6.45) is 11.2. The van der Waals surface area contributed by atoms with Crippen molar-refractivity contribution < 1.29 is 4.74 Å². The molecule has 0 unspecified atom stereocenters. The van der Waals surface area contributed by atoms with Gasteiger partial charge in [0.25, 0.3) is 0 Å². The van der Waals surface area contributed by atoms with Crippen LogP contribution in [-0.2, 0) is 4.74 Å². The lowest BCUT2D eigenvalue weighted by Gasteiger charge is -2.22. The van der Waals surface area contributed by atoms with Crippen molar-refractivity contribution in [2.75, 3.05) is 6.61 Å². The quantitative estimate of drug-likeness (QED) is 0.777. The highest BCUT2D eigenvalue weighted by Crippen LogP contribution is 2.29.